The molecule has 1 saturated heterocycles. The van der Waals surface area contributed by atoms with Gasteiger partial charge in [0.2, 0.25) is 11.8 Å². The van der Waals surface area contributed by atoms with Gasteiger partial charge in [0.1, 0.15) is 6.04 Å². The Morgan fingerprint density at radius 2 is 2.29 bits per heavy atom. The molecule has 4 saturated carbocycles. The van der Waals surface area contributed by atoms with E-state index < -0.39 is 0 Å². The third kappa shape index (κ3) is 2.71. The number of nitrogens with zero attached hydrogens (tertiary/aromatic N) is 3. The van der Waals surface area contributed by atoms with Crippen molar-refractivity contribution in [2.24, 2.45) is 17.3 Å². The van der Waals surface area contributed by atoms with Crippen LogP contribution in [0, 0.1) is 28.6 Å². The minimum absolute atomic E-state index is 0.0321. The fraction of sp³-hybridized carbons (Fsp3) is 0.750. The van der Waals surface area contributed by atoms with Gasteiger partial charge in [0.25, 0.3) is 0 Å². The first-order valence-electron chi connectivity index (χ1n) is 10.3. The van der Waals surface area contributed by atoms with Crippen LogP contribution in [-0.2, 0) is 11.3 Å². The Kier molecular flexibility index (Phi) is 4.11. The van der Waals surface area contributed by atoms with Gasteiger partial charge in [-0.05, 0) is 62.2 Å². The molecule has 8 heteroatoms. The fourth-order valence-electron chi connectivity index (χ4n) is 6.90. The van der Waals surface area contributed by atoms with Crippen LogP contribution in [0.15, 0.2) is 10.2 Å². The average Bonchev–Trinajstić information content (AvgIpc) is 3.37. The molecule has 0 spiro atoms. The summed E-state index contributed by atoms with van der Waals surface area (Å²) >= 11 is 1.05. The van der Waals surface area contributed by atoms with E-state index in [0.717, 1.165) is 49.9 Å². The number of likely N-dealkylation sites (tertiary alicyclic amines) is 1. The van der Waals surface area contributed by atoms with Gasteiger partial charge in [-0.3, -0.25) is 14.2 Å². The molecule has 28 heavy (non-hydrogen) atoms. The van der Waals surface area contributed by atoms with Crippen molar-refractivity contribution >= 4 is 17.2 Å². The highest BCUT2D eigenvalue weighted by atomic mass is 32.1. The highest BCUT2D eigenvalue weighted by Crippen LogP contribution is 2.66. The normalized spacial score (nSPS) is 38.2. The Labute approximate surface area is 168 Å². The van der Waals surface area contributed by atoms with Crippen molar-refractivity contribution in [2.45, 2.75) is 63.1 Å². The minimum atomic E-state index is -0.275. The summed E-state index contributed by atoms with van der Waals surface area (Å²) in [7, 11) is 0. The topological polar surface area (TPSA) is 98.4 Å². The van der Waals surface area contributed by atoms with Gasteiger partial charge in [0.15, 0.2) is 0 Å². The largest absolute Gasteiger partial charge is 0.494 e. The quantitative estimate of drug-likeness (QED) is 0.781. The standard InChI is InChI=1S/C20H26N4O3S/c21-8-15-2-1-3-23(15)16(25)9-22-20-6-13-4-14(20)7-19(5-13,11-20)12-24-17(26)10-28-18(24)27/h10,13-15,22,26H,1-7,9,11-12H2/t13?,14?,15-,19?,20?/m0/s1. The molecule has 1 aromatic heterocycles. The Hall–Kier alpha value is -1.85. The number of aromatic hydroxyl groups is 1. The Bertz CT molecular complexity index is 904. The summed E-state index contributed by atoms with van der Waals surface area (Å²) in [5, 5.41) is 24.4. The summed E-state index contributed by atoms with van der Waals surface area (Å²) in [6, 6.07) is 1.97. The summed E-state index contributed by atoms with van der Waals surface area (Å²) in [5.41, 5.74) is 0.00276. The number of nitrogens with one attached hydrogen (secondary N) is 1. The zero-order valence-electron chi connectivity index (χ0n) is 15.9. The molecule has 2 heterocycles. The lowest BCUT2D eigenvalue weighted by Gasteiger charge is -2.41. The van der Waals surface area contributed by atoms with Crippen molar-refractivity contribution in [1.82, 2.24) is 14.8 Å². The molecule has 1 aliphatic heterocycles. The molecular weight excluding hydrogens is 376 g/mol. The molecule has 6 rings (SSSR count). The second kappa shape index (κ2) is 6.33. The smallest absolute Gasteiger partial charge is 0.309 e. The van der Waals surface area contributed by atoms with E-state index in [1.165, 1.54) is 16.4 Å². The lowest BCUT2D eigenvalue weighted by molar-refractivity contribution is -0.130. The van der Waals surface area contributed by atoms with Gasteiger partial charge in [-0.2, -0.15) is 5.26 Å². The molecule has 4 aliphatic carbocycles. The van der Waals surface area contributed by atoms with Crippen molar-refractivity contribution in [2.75, 3.05) is 13.1 Å². The van der Waals surface area contributed by atoms with E-state index in [0.29, 0.717) is 31.5 Å². The average molecular weight is 403 g/mol. The number of aromatic nitrogens is 1. The lowest BCUT2D eigenvalue weighted by Crippen LogP contribution is -2.52. The molecule has 5 aliphatic rings. The number of thiazole rings is 1. The maximum atomic E-state index is 12.7. The summed E-state index contributed by atoms with van der Waals surface area (Å²) in [4.78, 5) is 26.4. The maximum Gasteiger partial charge on any atom is 0.309 e. The highest BCUT2D eigenvalue weighted by Gasteiger charge is 2.64. The van der Waals surface area contributed by atoms with Gasteiger partial charge in [0, 0.05) is 18.6 Å². The van der Waals surface area contributed by atoms with E-state index in [1.54, 1.807) is 4.90 Å². The fourth-order valence-corrected chi connectivity index (χ4v) is 7.52. The molecule has 5 fully saturated rings. The minimum Gasteiger partial charge on any atom is -0.494 e. The Morgan fingerprint density at radius 1 is 1.43 bits per heavy atom. The van der Waals surface area contributed by atoms with Crippen LogP contribution in [0.3, 0.4) is 0 Å². The van der Waals surface area contributed by atoms with Crippen molar-refractivity contribution < 1.29 is 9.90 Å². The van der Waals surface area contributed by atoms with E-state index in [1.807, 2.05) is 0 Å². The molecular formula is C20H26N4O3S. The number of nitriles is 1. The van der Waals surface area contributed by atoms with E-state index in [-0.39, 0.29) is 33.7 Å². The van der Waals surface area contributed by atoms with Gasteiger partial charge in [-0.1, -0.05) is 11.3 Å². The van der Waals surface area contributed by atoms with Crippen LogP contribution in [-0.4, -0.2) is 45.2 Å². The van der Waals surface area contributed by atoms with Crippen LogP contribution in [0.25, 0.3) is 0 Å². The van der Waals surface area contributed by atoms with Gasteiger partial charge >= 0.3 is 4.87 Å². The molecule has 0 aromatic carbocycles. The van der Waals surface area contributed by atoms with Crippen LogP contribution in [0.4, 0.5) is 0 Å². The second-order valence-electron chi connectivity index (χ2n) is 9.42. The van der Waals surface area contributed by atoms with E-state index >= 15 is 0 Å². The van der Waals surface area contributed by atoms with Gasteiger partial charge < -0.3 is 15.3 Å². The third-order valence-electron chi connectivity index (χ3n) is 7.71. The molecule has 4 unspecified atom stereocenters. The summed E-state index contributed by atoms with van der Waals surface area (Å²) < 4.78 is 1.53. The van der Waals surface area contributed by atoms with Gasteiger partial charge in [0.05, 0.1) is 18.0 Å². The van der Waals surface area contributed by atoms with Crippen molar-refractivity contribution in [3.63, 3.8) is 0 Å². The molecule has 7 nitrogen and oxygen atoms in total. The first-order valence-corrected chi connectivity index (χ1v) is 11.1. The molecule has 150 valence electrons. The maximum absolute atomic E-state index is 12.7. The van der Waals surface area contributed by atoms with Gasteiger partial charge in [-0.25, -0.2) is 0 Å². The first kappa shape index (κ1) is 18.2. The van der Waals surface area contributed by atoms with Crippen molar-refractivity contribution in [3.05, 3.63) is 15.0 Å². The van der Waals surface area contributed by atoms with E-state index in [2.05, 4.69) is 11.4 Å². The summed E-state index contributed by atoms with van der Waals surface area (Å²) in [6.45, 7) is 1.55. The van der Waals surface area contributed by atoms with Crippen LogP contribution >= 0.6 is 11.3 Å². The number of amides is 1. The summed E-state index contributed by atoms with van der Waals surface area (Å²) in [6.07, 6.45) is 7.08. The monoisotopic (exact) mass is 402 g/mol. The van der Waals surface area contributed by atoms with E-state index in [9.17, 15) is 20.0 Å². The van der Waals surface area contributed by atoms with Gasteiger partial charge in [-0.15, -0.1) is 0 Å². The second-order valence-corrected chi connectivity index (χ2v) is 10.2. The summed E-state index contributed by atoms with van der Waals surface area (Å²) in [5.74, 6) is 1.26. The first-order chi connectivity index (χ1) is 13.4. The molecule has 5 atom stereocenters. The SMILES string of the molecule is N#C[C@@H]1CCCN1C(=O)CNC12CC3CC1CC(Cn1c(O)csc1=O)(C3)C2. The lowest BCUT2D eigenvalue weighted by atomic mass is 9.68. The van der Waals surface area contributed by atoms with Crippen molar-refractivity contribution in [1.29, 1.82) is 5.26 Å². The van der Waals surface area contributed by atoms with Crippen LogP contribution in [0.2, 0.25) is 0 Å². The van der Waals surface area contributed by atoms with Crippen molar-refractivity contribution in [3.8, 4) is 11.9 Å². The number of hydrogen-bond donors (Lipinski definition) is 2. The number of carbonyl (C=O) groups is 1. The number of hydrogen-bond acceptors (Lipinski definition) is 6. The highest BCUT2D eigenvalue weighted by molar-refractivity contribution is 7.07. The van der Waals surface area contributed by atoms with Crippen LogP contribution in [0.1, 0.15) is 44.9 Å². The Morgan fingerprint density at radius 3 is 3.04 bits per heavy atom. The van der Waals surface area contributed by atoms with Crippen LogP contribution < -0.4 is 10.2 Å². The Balaban J connectivity index is 1.31. The molecule has 1 amide bonds. The third-order valence-corrected chi connectivity index (χ3v) is 8.46. The predicted octanol–water partition coefficient (Wildman–Crippen LogP) is 1.67. The molecule has 0 radical (unpaired) electrons. The number of carbonyl (C=O) groups excluding carboxylic acids is 1. The predicted molar refractivity (Wildman–Crippen MR) is 104 cm³/mol. The zero-order chi connectivity index (χ0) is 19.5. The molecule has 4 bridgehead atoms. The zero-order valence-corrected chi connectivity index (χ0v) is 16.7. The van der Waals surface area contributed by atoms with E-state index in [4.69, 9.17) is 0 Å². The molecule has 2 N–H and O–H groups in total. The van der Waals surface area contributed by atoms with Crippen LogP contribution in [0.5, 0.6) is 5.88 Å². The number of rotatable bonds is 5. The molecule has 1 aromatic rings.